The van der Waals surface area contributed by atoms with E-state index in [1.54, 1.807) is 25.1 Å². The highest BCUT2D eigenvalue weighted by Crippen LogP contribution is 2.34. The van der Waals surface area contributed by atoms with Crippen molar-refractivity contribution in [1.82, 2.24) is 15.2 Å². The fraction of sp³-hybridized carbons (Fsp3) is 0.385. The maximum atomic E-state index is 12.9. The molecule has 1 aromatic heterocycles. The van der Waals surface area contributed by atoms with E-state index in [0.717, 1.165) is 23.4 Å². The van der Waals surface area contributed by atoms with Crippen molar-refractivity contribution in [3.05, 3.63) is 65.7 Å². The predicted molar refractivity (Wildman–Crippen MR) is 130 cm³/mol. The Balaban J connectivity index is 1.37. The normalized spacial score (nSPS) is 15.1. The summed E-state index contributed by atoms with van der Waals surface area (Å²) in [6, 6.07) is 10.2. The van der Waals surface area contributed by atoms with Gasteiger partial charge in [0.15, 0.2) is 11.7 Å². The number of ether oxygens (including phenoxy) is 1. The van der Waals surface area contributed by atoms with Crippen LogP contribution in [0.3, 0.4) is 0 Å². The van der Waals surface area contributed by atoms with Gasteiger partial charge < -0.3 is 24.3 Å². The number of piperazine rings is 1. The minimum absolute atomic E-state index is 0.227. The van der Waals surface area contributed by atoms with Gasteiger partial charge in [-0.1, -0.05) is 19.1 Å². The maximum Gasteiger partial charge on any atom is 0.416 e. The number of carbonyl (C=O) groups excluding carboxylic acids is 1. The second kappa shape index (κ2) is 10.5. The molecule has 3 aromatic rings. The fourth-order valence-corrected chi connectivity index (χ4v) is 4.30. The molecule has 1 N–H and O–H groups in total. The van der Waals surface area contributed by atoms with Crippen LogP contribution in [-0.4, -0.2) is 49.2 Å². The summed E-state index contributed by atoms with van der Waals surface area (Å²) in [6.45, 7) is 5.97. The van der Waals surface area contributed by atoms with Gasteiger partial charge in [0.05, 0.1) is 30.5 Å². The van der Waals surface area contributed by atoms with Crippen LogP contribution in [0.4, 0.5) is 23.7 Å². The minimum Gasteiger partial charge on any atom is -0.496 e. The number of hydrogen-bond acceptors (Lipinski definition) is 5. The summed E-state index contributed by atoms with van der Waals surface area (Å²) >= 11 is 0. The third kappa shape index (κ3) is 5.58. The van der Waals surface area contributed by atoms with Gasteiger partial charge in [0, 0.05) is 44.9 Å². The van der Waals surface area contributed by atoms with Crippen molar-refractivity contribution in [3.8, 4) is 17.1 Å². The van der Waals surface area contributed by atoms with Crippen molar-refractivity contribution >= 4 is 11.7 Å². The third-order valence-corrected chi connectivity index (χ3v) is 6.35. The van der Waals surface area contributed by atoms with Crippen LogP contribution in [0.25, 0.3) is 11.3 Å². The van der Waals surface area contributed by atoms with Crippen LogP contribution < -0.4 is 15.0 Å². The molecule has 1 atom stereocenters. The van der Waals surface area contributed by atoms with E-state index in [-0.39, 0.29) is 12.1 Å². The molecule has 36 heavy (non-hydrogen) atoms. The van der Waals surface area contributed by atoms with E-state index in [9.17, 15) is 18.0 Å². The Hall–Kier alpha value is -3.69. The van der Waals surface area contributed by atoms with Gasteiger partial charge in [0.25, 0.3) is 0 Å². The summed E-state index contributed by atoms with van der Waals surface area (Å²) in [7, 11) is 1.61. The molecule has 0 aliphatic carbocycles. The molecule has 7 nitrogen and oxygen atoms in total. The first-order valence-corrected chi connectivity index (χ1v) is 11.8. The predicted octanol–water partition coefficient (Wildman–Crippen LogP) is 5.66. The summed E-state index contributed by atoms with van der Waals surface area (Å²) in [5, 5.41) is 2.96. The Bertz CT molecular complexity index is 1190. The summed E-state index contributed by atoms with van der Waals surface area (Å²) in [6.07, 6.45) is -2.16. The van der Waals surface area contributed by atoms with Crippen molar-refractivity contribution in [3.63, 3.8) is 0 Å². The summed E-state index contributed by atoms with van der Waals surface area (Å²) < 4.78 is 49.8. The number of rotatable bonds is 6. The monoisotopic (exact) mass is 502 g/mol. The van der Waals surface area contributed by atoms with Crippen molar-refractivity contribution in [2.24, 2.45) is 0 Å². The zero-order valence-electron chi connectivity index (χ0n) is 20.4. The number of halogens is 3. The lowest BCUT2D eigenvalue weighted by atomic mass is 10.0. The van der Waals surface area contributed by atoms with E-state index in [1.165, 1.54) is 12.1 Å². The largest absolute Gasteiger partial charge is 0.496 e. The van der Waals surface area contributed by atoms with Gasteiger partial charge in [-0.05, 0) is 36.2 Å². The van der Waals surface area contributed by atoms with Crippen LogP contribution in [0.1, 0.15) is 36.4 Å². The number of alkyl halides is 3. The summed E-state index contributed by atoms with van der Waals surface area (Å²) in [5.41, 5.74) is 1.73. The second-order valence-electron chi connectivity index (χ2n) is 8.63. The summed E-state index contributed by atoms with van der Waals surface area (Å²) in [4.78, 5) is 20.9. The maximum absolute atomic E-state index is 12.9. The molecule has 0 radical (unpaired) electrons. The van der Waals surface area contributed by atoms with E-state index in [0.29, 0.717) is 55.6 Å². The number of amides is 2. The standard InChI is InChI=1S/C26H29F3N4O3/c1-4-22(18-5-7-19(8-6-18)26(27,28)29)31-25(34)33-13-11-32(12-14-33)20-9-10-21(23(15-20)35-3)24-16-30-17(2)36-24/h5-10,15-16,22H,4,11-14H2,1-3H3,(H,31,34). The van der Waals surface area contributed by atoms with Gasteiger partial charge in [0.2, 0.25) is 0 Å². The van der Waals surface area contributed by atoms with E-state index in [4.69, 9.17) is 9.15 Å². The van der Waals surface area contributed by atoms with E-state index in [2.05, 4.69) is 15.2 Å². The van der Waals surface area contributed by atoms with Gasteiger partial charge in [-0.3, -0.25) is 0 Å². The van der Waals surface area contributed by atoms with Crippen LogP contribution in [-0.2, 0) is 6.18 Å². The Morgan fingerprint density at radius 3 is 2.39 bits per heavy atom. The zero-order valence-corrected chi connectivity index (χ0v) is 20.4. The number of urea groups is 1. The van der Waals surface area contributed by atoms with Gasteiger partial charge in [0.1, 0.15) is 5.75 Å². The highest BCUT2D eigenvalue weighted by molar-refractivity contribution is 5.75. The van der Waals surface area contributed by atoms with Crippen LogP contribution in [0.15, 0.2) is 53.1 Å². The topological polar surface area (TPSA) is 70.8 Å². The number of methoxy groups -OCH3 is 1. The Kier molecular flexibility index (Phi) is 7.42. The smallest absolute Gasteiger partial charge is 0.416 e. The van der Waals surface area contributed by atoms with E-state index >= 15 is 0 Å². The number of aromatic nitrogens is 1. The van der Waals surface area contributed by atoms with Crippen molar-refractivity contribution in [1.29, 1.82) is 0 Å². The number of carbonyl (C=O) groups is 1. The molecule has 2 heterocycles. The van der Waals surface area contributed by atoms with Crippen molar-refractivity contribution in [2.75, 3.05) is 38.2 Å². The molecule has 4 rings (SSSR count). The van der Waals surface area contributed by atoms with E-state index < -0.39 is 11.7 Å². The highest BCUT2D eigenvalue weighted by Gasteiger charge is 2.30. The molecule has 10 heteroatoms. The number of nitrogens with zero attached hydrogens (tertiary/aromatic N) is 3. The number of hydrogen-bond donors (Lipinski definition) is 1. The molecular weight excluding hydrogens is 473 g/mol. The lowest BCUT2D eigenvalue weighted by Gasteiger charge is -2.37. The summed E-state index contributed by atoms with van der Waals surface area (Å²) in [5.74, 6) is 1.89. The number of benzene rings is 2. The number of aryl methyl sites for hydroxylation is 1. The van der Waals surface area contributed by atoms with Gasteiger partial charge in [-0.25, -0.2) is 9.78 Å². The lowest BCUT2D eigenvalue weighted by molar-refractivity contribution is -0.137. The first-order chi connectivity index (χ1) is 17.2. The minimum atomic E-state index is -4.39. The number of nitrogens with one attached hydrogen (secondary N) is 1. The molecule has 0 bridgehead atoms. The van der Waals surface area contributed by atoms with E-state index in [1.807, 2.05) is 25.1 Å². The second-order valence-corrected chi connectivity index (χ2v) is 8.63. The molecule has 2 amide bonds. The van der Waals surface area contributed by atoms with Crippen LogP contribution in [0.2, 0.25) is 0 Å². The van der Waals surface area contributed by atoms with Gasteiger partial charge in [-0.2, -0.15) is 13.2 Å². The molecular formula is C26H29F3N4O3. The SMILES string of the molecule is CCC(NC(=O)N1CCN(c2ccc(-c3cnc(C)o3)c(OC)c2)CC1)c1ccc(C(F)(F)F)cc1. The molecule has 2 aromatic carbocycles. The Morgan fingerprint density at radius 2 is 1.83 bits per heavy atom. The molecule has 1 aliphatic rings. The molecule has 0 saturated carbocycles. The fourth-order valence-electron chi connectivity index (χ4n) is 4.30. The molecule has 1 unspecified atom stereocenters. The average Bonchev–Trinajstić information content (AvgIpc) is 3.32. The Labute approximate surface area is 207 Å². The molecule has 192 valence electrons. The number of oxazole rings is 1. The first-order valence-electron chi connectivity index (χ1n) is 11.8. The van der Waals surface area contributed by atoms with Gasteiger partial charge >= 0.3 is 12.2 Å². The molecule has 1 fully saturated rings. The number of anilines is 1. The molecule has 1 aliphatic heterocycles. The van der Waals surface area contributed by atoms with Crippen LogP contribution in [0.5, 0.6) is 5.75 Å². The third-order valence-electron chi connectivity index (χ3n) is 6.35. The Morgan fingerprint density at radius 1 is 1.14 bits per heavy atom. The lowest BCUT2D eigenvalue weighted by Crippen LogP contribution is -2.52. The van der Waals surface area contributed by atoms with Crippen LogP contribution in [0, 0.1) is 6.92 Å². The van der Waals surface area contributed by atoms with Gasteiger partial charge in [-0.15, -0.1) is 0 Å². The van der Waals surface area contributed by atoms with Crippen molar-refractivity contribution in [2.45, 2.75) is 32.5 Å². The molecule has 0 spiro atoms. The van der Waals surface area contributed by atoms with Crippen molar-refractivity contribution < 1.29 is 27.1 Å². The van der Waals surface area contributed by atoms with Crippen LogP contribution >= 0.6 is 0 Å². The quantitative estimate of drug-likeness (QED) is 0.471. The molecule has 1 saturated heterocycles. The first kappa shape index (κ1) is 25.4. The average molecular weight is 503 g/mol. The highest BCUT2D eigenvalue weighted by atomic mass is 19.4. The zero-order chi connectivity index (χ0) is 25.9.